The quantitative estimate of drug-likeness (QED) is 0.575. The second kappa shape index (κ2) is 8.87. The van der Waals surface area contributed by atoms with E-state index in [-0.39, 0.29) is 24.0 Å². The van der Waals surface area contributed by atoms with Crippen LogP contribution in [0.15, 0.2) is 48.5 Å². The predicted octanol–water partition coefficient (Wildman–Crippen LogP) is 2.62. The van der Waals surface area contributed by atoms with Crippen LogP contribution in [0, 0.1) is 5.82 Å². The summed E-state index contributed by atoms with van der Waals surface area (Å²) in [5.74, 6) is -2.11. The third-order valence-electron chi connectivity index (χ3n) is 4.20. The Morgan fingerprint density at radius 1 is 1.14 bits per heavy atom. The first-order chi connectivity index (χ1) is 13.9. The number of benzene rings is 2. The van der Waals surface area contributed by atoms with Crippen molar-refractivity contribution in [1.82, 2.24) is 0 Å². The molecular formula is C20H17FN2O5S. The Balaban J connectivity index is 1.59. The first-order valence-electron chi connectivity index (χ1n) is 8.61. The molecule has 3 rings (SSSR count). The van der Waals surface area contributed by atoms with Crippen molar-refractivity contribution in [2.75, 3.05) is 23.1 Å². The number of carbonyl (C=O) groups excluding carboxylic acids is 4. The van der Waals surface area contributed by atoms with Crippen LogP contribution in [0.25, 0.3) is 0 Å². The maximum Gasteiger partial charge on any atom is 0.337 e. The Morgan fingerprint density at radius 3 is 2.41 bits per heavy atom. The predicted molar refractivity (Wildman–Crippen MR) is 106 cm³/mol. The molecule has 3 amide bonds. The average molecular weight is 416 g/mol. The summed E-state index contributed by atoms with van der Waals surface area (Å²) < 4.78 is 17.5. The van der Waals surface area contributed by atoms with E-state index in [2.05, 4.69) is 10.1 Å². The fourth-order valence-electron chi connectivity index (χ4n) is 2.78. The number of imide groups is 1. The number of methoxy groups -OCH3 is 1. The molecule has 150 valence electrons. The third-order valence-corrected chi connectivity index (χ3v) is 5.39. The van der Waals surface area contributed by atoms with Gasteiger partial charge in [0.05, 0.1) is 29.4 Å². The van der Waals surface area contributed by atoms with Gasteiger partial charge in [0.1, 0.15) is 5.82 Å². The van der Waals surface area contributed by atoms with Gasteiger partial charge in [0.2, 0.25) is 17.7 Å². The smallest absolute Gasteiger partial charge is 0.337 e. The number of carbonyl (C=O) groups is 4. The van der Waals surface area contributed by atoms with Gasteiger partial charge < -0.3 is 10.1 Å². The number of nitrogens with zero attached hydrogens (tertiary/aromatic N) is 1. The normalized spacial score (nSPS) is 16.1. The van der Waals surface area contributed by atoms with E-state index < -0.39 is 22.9 Å². The third kappa shape index (κ3) is 4.80. The summed E-state index contributed by atoms with van der Waals surface area (Å²) in [5.41, 5.74) is 1.10. The average Bonchev–Trinajstić information content (AvgIpc) is 3.01. The molecule has 0 bridgehead atoms. The highest BCUT2D eigenvalue weighted by Crippen LogP contribution is 2.30. The van der Waals surface area contributed by atoms with E-state index in [0.717, 1.165) is 16.7 Å². The van der Waals surface area contributed by atoms with Crippen molar-refractivity contribution in [3.05, 3.63) is 59.9 Å². The summed E-state index contributed by atoms with van der Waals surface area (Å²) in [6.07, 6.45) is -0.0217. The summed E-state index contributed by atoms with van der Waals surface area (Å²) in [6, 6.07) is 11.3. The zero-order chi connectivity index (χ0) is 21.0. The number of rotatable bonds is 6. The van der Waals surface area contributed by atoms with E-state index >= 15 is 0 Å². The van der Waals surface area contributed by atoms with Gasteiger partial charge in [-0.15, -0.1) is 11.8 Å². The molecule has 0 radical (unpaired) electrons. The van der Waals surface area contributed by atoms with E-state index in [1.54, 1.807) is 0 Å². The number of hydrogen-bond donors (Lipinski definition) is 1. The maximum atomic E-state index is 12.9. The molecule has 1 heterocycles. The topological polar surface area (TPSA) is 92.8 Å². The van der Waals surface area contributed by atoms with E-state index in [9.17, 15) is 23.6 Å². The minimum Gasteiger partial charge on any atom is -0.465 e. The Hall–Kier alpha value is -3.20. The van der Waals surface area contributed by atoms with Gasteiger partial charge in [-0.25, -0.2) is 14.1 Å². The van der Waals surface area contributed by atoms with Crippen LogP contribution in [0.5, 0.6) is 0 Å². The summed E-state index contributed by atoms with van der Waals surface area (Å²) >= 11 is 1.06. The SMILES string of the molecule is COC(=O)c1ccc(N2C(=O)CC(SCC(=O)Nc3ccc(F)cc3)C2=O)cc1. The summed E-state index contributed by atoms with van der Waals surface area (Å²) in [7, 11) is 1.26. The number of amides is 3. The van der Waals surface area contributed by atoms with Crippen LogP contribution in [-0.2, 0) is 19.1 Å². The molecule has 1 unspecified atom stereocenters. The highest BCUT2D eigenvalue weighted by atomic mass is 32.2. The van der Waals surface area contributed by atoms with Crippen LogP contribution < -0.4 is 10.2 Å². The molecule has 7 nitrogen and oxygen atoms in total. The van der Waals surface area contributed by atoms with Crippen LogP contribution in [0.2, 0.25) is 0 Å². The second-order valence-corrected chi connectivity index (χ2v) is 7.36. The molecule has 0 spiro atoms. The lowest BCUT2D eigenvalue weighted by atomic mass is 10.2. The van der Waals surface area contributed by atoms with Crippen LogP contribution in [0.1, 0.15) is 16.8 Å². The van der Waals surface area contributed by atoms with Gasteiger partial charge in [-0.05, 0) is 48.5 Å². The van der Waals surface area contributed by atoms with Crippen molar-refractivity contribution < 1.29 is 28.3 Å². The molecule has 2 aromatic carbocycles. The summed E-state index contributed by atoms with van der Waals surface area (Å²) in [5, 5.41) is 1.93. The van der Waals surface area contributed by atoms with Crippen LogP contribution in [0.3, 0.4) is 0 Å². The molecule has 29 heavy (non-hydrogen) atoms. The summed E-state index contributed by atoms with van der Waals surface area (Å²) in [4.78, 5) is 49.5. The number of hydrogen-bond acceptors (Lipinski definition) is 6. The van der Waals surface area contributed by atoms with Gasteiger partial charge in [-0.1, -0.05) is 0 Å². The molecular weight excluding hydrogens is 399 g/mol. The number of nitrogens with one attached hydrogen (secondary N) is 1. The lowest BCUT2D eigenvalue weighted by Crippen LogP contribution is -2.31. The fourth-order valence-corrected chi connectivity index (χ4v) is 3.71. The molecule has 0 aliphatic carbocycles. The number of ether oxygens (including phenoxy) is 1. The number of thioether (sulfide) groups is 1. The Kier molecular flexibility index (Phi) is 6.28. The molecule has 1 atom stereocenters. The van der Waals surface area contributed by atoms with Crippen LogP contribution in [-0.4, -0.2) is 41.8 Å². The largest absolute Gasteiger partial charge is 0.465 e. The highest BCUT2D eigenvalue weighted by molar-refractivity contribution is 8.01. The van der Waals surface area contributed by atoms with Gasteiger partial charge in [0.15, 0.2) is 0 Å². The van der Waals surface area contributed by atoms with Crippen molar-refractivity contribution >= 4 is 46.8 Å². The Labute approximate surface area is 170 Å². The van der Waals surface area contributed by atoms with Crippen molar-refractivity contribution in [3.63, 3.8) is 0 Å². The molecule has 1 saturated heterocycles. The fraction of sp³-hybridized carbons (Fsp3) is 0.200. The van der Waals surface area contributed by atoms with Crippen molar-refractivity contribution in [3.8, 4) is 0 Å². The number of halogens is 1. The number of anilines is 2. The minimum absolute atomic E-state index is 0.0217. The van der Waals surface area contributed by atoms with E-state index in [0.29, 0.717) is 16.9 Å². The first kappa shape index (κ1) is 20.5. The monoisotopic (exact) mass is 416 g/mol. The van der Waals surface area contributed by atoms with Gasteiger partial charge in [-0.2, -0.15) is 0 Å². The summed E-state index contributed by atoms with van der Waals surface area (Å²) in [6.45, 7) is 0. The maximum absolute atomic E-state index is 12.9. The molecule has 2 aromatic rings. The van der Waals surface area contributed by atoms with E-state index in [1.165, 1.54) is 55.6 Å². The zero-order valence-corrected chi connectivity index (χ0v) is 16.2. The Morgan fingerprint density at radius 2 is 1.79 bits per heavy atom. The minimum atomic E-state index is -0.679. The standard InChI is InChI=1S/C20H17FN2O5S/c1-28-20(27)12-2-8-15(9-3-12)23-18(25)10-16(19(23)26)29-11-17(24)22-14-6-4-13(21)5-7-14/h2-9,16H,10-11H2,1H3,(H,22,24). The van der Waals surface area contributed by atoms with Gasteiger partial charge in [0, 0.05) is 12.1 Å². The van der Waals surface area contributed by atoms with Crippen molar-refractivity contribution in [2.24, 2.45) is 0 Å². The molecule has 9 heteroatoms. The van der Waals surface area contributed by atoms with Gasteiger partial charge in [-0.3, -0.25) is 14.4 Å². The Bertz CT molecular complexity index is 946. The molecule has 0 saturated carbocycles. The van der Waals surface area contributed by atoms with Crippen LogP contribution >= 0.6 is 11.8 Å². The molecule has 1 aliphatic rings. The second-order valence-electron chi connectivity index (χ2n) is 6.16. The lowest BCUT2D eigenvalue weighted by Gasteiger charge is -2.15. The van der Waals surface area contributed by atoms with E-state index in [4.69, 9.17) is 0 Å². The van der Waals surface area contributed by atoms with E-state index in [1.807, 2.05) is 0 Å². The molecule has 1 aliphatic heterocycles. The molecule has 0 aromatic heterocycles. The molecule has 1 N–H and O–H groups in total. The highest BCUT2D eigenvalue weighted by Gasteiger charge is 2.40. The lowest BCUT2D eigenvalue weighted by molar-refractivity contribution is -0.121. The zero-order valence-electron chi connectivity index (χ0n) is 15.4. The molecule has 1 fully saturated rings. The van der Waals surface area contributed by atoms with Crippen molar-refractivity contribution in [2.45, 2.75) is 11.7 Å². The van der Waals surface area contributed by atoms with Gasteiger partial charge >= 0.3 is 5.97 Å². The number of esters is 1. The first-order valence-corrected chi connectivity index (χ1v) is 9.66. The van der Waals surface area contributed by atoms with Gasteiger partial charge in [0.25, 0.3) is 0 Å². The van der Waals surface area contributed by atoms with Crippen LogP contribution in [0.4, 0.5) is 15.8 Å². The van der Waals surface area contributed by atoms with Crippen molar-refractivity contribution in [1.29, 1.82) is 0 Å².